The molecule has 0 spiro atoms. The number of hydrogen-bond donors (Lipinski definition) is 1. The molecule has 0 bridgehead atoms. The molecule has 3 aromatic rings. The highest BCUT2D eigenvalue weighted by Gasteiger charge is 2.04. The summed E-state index contributed by atoms with van der Waals surface area (Å²) in [5.74, 6) is 0.0570. The van der Waals surface area contributed by atoms with Crippen molar-refractivity contribution in [3.05, 3.63) is 66.7 Å². The van der Waals surface area contributed by atoms with Crippen LogP contribution in [0.25, 0.3) is 11.1 Å². The van der Waals surface area contributed by atoms with Gasteiger partial charge in [0.25, 0.3) is 0 Å². The number of nitrogens with zero attached hydrogens (tertiary/aromatic N) is 2. The Balaban J connectivity index is 1.74. The molecule has 0 unspecified atom stereocenters. The van der Waals surface area contributed by atoms with E-state index in [0.29, 0.717) is 11.4 Å². The fraction of sp³-hybridized carbons (Fsp3) is 0.0556. The maximum Gasteiger partial charge on any atom is 0.321 e. The Kier molecular flexibility index (Phi) is 4.47. The van der Waals surface area contributed by atoms with Gasteiger partial charge in [0.1, 0.15) is 11.6 Å². The van der Waals surface area contributed by atoms with Crippen molar-refractivity contribution in [3.8, 4) is 22.9 Å². The standard InChI is InChI=1S/C18H14FN3O2/c1-12(23)22-16-3-2-4-17(9-16)24-18-20-10-14(11-21-18)13-5-7-15(19)8-6-13/h2-11H,1H3,(H,22,23). The number of benzene rings is 2. The van der Waals surface area contributed by atoms with E-state index in [0.717, 1.165) is 11.1 Å². The third-order valence-electron chi connectivity index (χ3n) is 3.17. The predicted octanol–water partition coefficient (Wildman–Crippen LogP) is 4.03. The molecule has 0 radical (unpaired) electrons. The van der Waals surface area contributed by atoms with Gasteiger partial charge in [-0.3, -0.25) is 4.79 Å². The minimum Gasteiger partial charge on any atom is -0.424 e. The van der Waals surface area contributed by atoms with E-state index in [1.54, 1.807) is 48.8 Å². The summed E-state index contributed by atoms with van der Waals surface area (Å²) in [7, 11) is 0. The molecule has 0 aliphatic rings. The smallest absolute Gasteiger partial charge is 0.321 e. The van der Waals surface area contributed by atoms with Crippen molar-refractivity contribution in [2.24, 2.45) is 0 Å². The topological polar surface area (TPSA) is 64.1 Å². The second-order valence-corrected chi connectivity index (χ2v) is 5.07. The largest absolute Gasteiger partial charge is 0.424 e. The van der Waals surface area contributed by atoms with Crippen LogP contribution in [0.15, 0.2) is 60.9 Å². The van der Waals surface area contributed by atoms with Crippen LogP contribution < -0.4 is 10.1 Å². The summed E-state index contributed by atoms with van der Waals surface area (Å²) in [5.41, 5.74) is 2.20. The Morgan fingerprint density at radius 3 is 2.42 bits per heavy atom. The molecule has 0 fully saturated rings. The molecule has 0 aliphatic carbocycles. The number of nitrogens with one attached hydrogen (secondary N) is 1. The van der Waals surface area contributed by atoms with Crippen molar-refractivity contribution in [1.29, 1.82) is 0 Å². The second-order valence-electron chi connectivity index (χ2n) is 5.07. The molecule has 1 aromatic heterocycles. The molecule has 0 saturated heterocycles. The van der Waals surface area contributed by atoms with E-state index < -0.39 is 0 Å². The highest BCUT2D eigenvalue weighted by molar-refractivity contribution is 5.88. The zero-order valence-electron chi connectivity index (χ0n) is 12.9. The summed E-state index contributed by atoms with van der Waals surface area (Å²) < 4.78 is 18.5. The molecular weight excluding hydrogens is 309 g/mol. The molecule has 3 rings (SSSR count). The minimum absolute atomic E-state index is 0.160. The molecule has 5 nitrogen and oxygen atoms in total. The number of carbonyl (C=O) groups is 1. The van der Waals surface area contributed by atoms with Crippen molar-refractivity contribution >= 4 is 11.6 Å². The normalized spacial score (nSPS) is 10.2. The lowest BCUT2D eigenvalue weighted by molar-refractivity contribution is -0.114. The summed E-state index contributed by atoms with van der Waals surface area (Å²) in [6.07, 6.45) is 3.21. The molecule has 0 atom stereocenters. The fourth-order valence-electron chi connectivity index (χ4n) is 2.11. The first kappa shape index (κ1) is 15.6. The van der Waals surface area contributed by atoms with Crippen molar-refractivity contribution in [2.75, 3.05) is 5.32 Å². The van der Waals surface area contributed by atoms with E-state index in [1.807, 2.05) is 0 Å². The number of amides is 1. The van der Waals surface area contributed by atoms with Crippen LogP contribution in [0.3, 0.4) is 0 Å². The average molecular weight is 323 g/mol. The molecule has 1 heterocycles. The summed E-state index contributed by atoms with van der Waals surface area (Å²) in [6.45, 7) is 1.44. The Hall–Kier alpha value is -3.28. The lowest BCUT2D eigenvalue weighted by Crippen LogP contribution is -2.05. The molecule has 0 saturated carbocycles. The SMILES string of the molecule is CC(=O)Nc1cccc(Oc2ncc(-c3ccc(F)cc3)cn2)c1. The van der Waals surface area contributed by atoms with Crippen LogP contribution in [-0.2, 0) is 4.79 Å². The van der Waals surface area contributed by atoms with Gasteiger partial charge in [0, 0.05) is 36.6 Å². The lowest BCUT2D eigenvalue weighted by Gasteiger charge is -2.07. The zero-order valence-corrected chi connectivity index (χ0v) is 12.9. The predicted molar refractivity (Wildman–Crippen MR) is 88.2 cm³/mol. The number of halogens is 1. The van der Waals surface area contributed by atoms with Crippen LogP contribution >= 0.6 is 0 Å². The molecule has 6 heteroatoms. The van der Waals surface area contributed by atoms with E-state index in [9.17, 15) is 9.18 Å². The lowest BCUT2D eigenvalue weighted by atomic mass is 10.1. The number of anilines is 1. The first-order valence-electron chi connectivity index (χ1n) is 7.24. The third-order valence-corrected chi connectivity index (χ3v) is 3.17. The first-order valence-corrected chi connectivity index (χ1v) is 7.24. The Morgan fingerprint density at radius 2 is 1.75 bits per heavy atom. The van der Waals surface area contributed by atoms with E-state index in [2.05, 4.69) is 15.3 Å². The number of ether oxygens (including phenoxy) is 1. The van der Waals surface area contributed by atoms with Gasteiger partial charge >= 0.3 is 6.01 Å². The van der Waals surface area contributed by atoms with E-state index in [4.69, 9.17) is 4.74 Å². The number of hydrogen-bond acceptors (Lipinski definition) is 4. The zero-order chi connectivity index (χ0) is 16.9. The summed E-state index contributed by atoms with van der Waals surface area (Å²) >= 11 is 0. The number of carbonyl (C=O) groups excluding carboxylic acids is 1. The third kappa shape index (κ3) is 3.92. The summed E-state index contributed by atoms with van der Waals surface area (Å²) in [4.78, 5) is 19.4. The van der Waals surface area contributed by atoms with Crippen molar-refractivity contribution < 1.29 is 13.9 Å². The molecule has 2 aromatic carbocycles. The van der Waals surface area contributed by atoms with Crippen LogP contribution in [0, 0.1) is 5.82 Å². The van der Waals surface area contributed by atoms with Crippen LogP contribution in [0.1, 0.15) is 6.92 Å². The first-order chi connectivity index (χ1) is 11.6. The van der Waals surface area contributed by atoms with Crippen molar-refractivity contribution in [1.82, 2.24) is 9.97 Å². The van der Waals surface area contributed by atoms with Gasteiger partial charge in [0.05, 0.1) is 0 Å². The van der Waals surface area contributed by atoms with Gasteiger partial charge in [-0.2, -0.15) is 0 Å². The molecule has 120 valence electrons. The fourth-order valence-corrected chi connectivity index (χ4v) is 2.11. The molecular formula is C18H14FN3O2. The monoisotopic (exact) mass is 323 g/mol. The molecule has 24 heavy (non-hydrogen) atoms. The Morgan fingerprint density at radius 1 is 1.04 bits per heavy atom. The van der Waals surface area contributed by atoms with Gasteiger partial charge in [0.2, 0.25) is 5.91 Å². The second kappa shape index (κ2) is 6.87. The van der Waals surface area contributed by atoms with E-state index >= 15 is 0 Å². The average Bonchev–Trinajstić information content (AvgIpc) is 2.56. The number of aromatic nitrogens is 2. The van der Waals surface area contributed by atoms with E-state index in [-0.39, 0.29) is 17.7 Å². The van der Waals surface area contributed by atoms with Crippen molar-refractivity contribution in [2.45, 2.75) is 6.92 Å². The highest BCUT2D eigenvalue weighted by Crippen LogP contribution is 2.23. The summed E-state index contributed by atoms with van der Waals surface area (Å²) in [5, 5.41) is 2.68. The minimum atomic E-state index is -0.293. The highest BCUT2D eigenvalue weighted by atomic mass is 19.1. The van der Waals surface area contributed by atoms with Gasteiger partial charge < -0.3 is 10.1 Å². The van der Waals surface area contributed by atoms with Gasteiger partial charge in [-0.05, 0) is 29.8 Å². The molecule has 1 N–H and O–H groups in total. The maximum atomic E-state index is 12.9. The van der Waals surface area contributed by atoms with Gasteiger partial charge in [-0.15, -0.1) is 0 Å². The quantitative estimate of drug-likeness (QED) is 0.787. The number of rotatable bonds is 4. The van der Waals surface area contributed by atoms with E-state index in [1.165, 1.54) is 19.1 Å². The Labute approximate surface area is 138 Å². The van der Waals surface area contributed by atoms with Gasteiger partial charge in [0.15, 0.2) is 0 Å². The Bertz CT molecular complexity index is 849. The van der Waals surface area contributed by atoms with Crippen molar-refractivity contribution in [3.63, 3.8) is 0 Å². The summed E-state index contributed by atoms with van der Waals surface area (Å²) in [6, 6.07) is 13.2. The van der Waals surface area contributed by atoms with Gasteiger partial charge in [-0.25, -0.2) is 14.4 Å². The molecule has 1 amide bonds. The molecule has 0 aliphatic heterocycles. The van der Waals surface area contributed by atoms with Crippen LogP contribution in [0.4, 0.5) is 10.1 Å². The van der Waals surface area contributed by atoms with Crippen LogP contribution in [0.2, 0.25) is 0 Å². The van der Waals surface area contributed by atoms with Gasteiger partial charge in [-0.1, -0.05) is 18.2 Å². The van der Waals surface area contributed by atoms with Crippen LogP contribution in [0.5, 0.6) is 11.8 Å². The maximum absolute atomic E-state index is 12.9. The van der Waals surface area contributed by atoms with Crippen LogP contribution in [-0.4, -0.2) is 15.9 Å².